The van der Waals surface area contributed by atoms with Gasteiger partial charge in [0.2, 0.25) is 0 Å². The minimum atomic E-state index is 1.19. The highest BCUT2D eigenvalue weighted by molar-refractivity contribution is 5.78. The van der Waals surface area contributed by atoms with Crippen LogP contribution in [0.25, 0.3) is 5.57 Å². The molecule has 14 heavy (non-hydrogen) atoms. The van der Waals surface area contributed by atoms with Gasteiger partial charge in [-0.25, -0.2) is 0 Å². The van der Waals surface area contributed by atoms with Crippen molar-refractivity contribution in [2.75, 3.05) is 0 Å². The first kappa shape index (κ1) is 9.51. The molecule has 0 spiro atoms. The maximum atomic E-state index is 2.27. The minimum absolute atomic E-state index is 1.19. The van der Waals surface area contributed by atoms with Crippen LogP contribution in [0, 0.1) is 13.8 Å². The van der Waals surface area contributed by atoms with Gasteiger partial charge < -0.3 is 0 Å². The standard InChI is InChI=1S/C14H18/c1-5-12-8-13-9(2)6-7-10(3)14(13)11(12)4/h6-7H,5,8H2,1-4H3. The lowest BCUT2D eigenvalue weighted by molar-refractivity contribution is 1.02. The summed E-state index contributed by atoms with van der Waals surface area (Å²) in [7, 11) is 0. The van der Waals surface area contributed by atoms with E-state index in [4.69, 9.17) is 0 Å². The molecule has 0 amide bonds. The maximum Gasteiger partial charge on any atom is -0.00525 e. The van der Waals surface area contributed by atoms with Gasteiger partial charge in [-0.1, -0.05) is 24.6 Å². The summed E-state index contributed by atoms with van der Waals surface area (Å²) >= 11 is 0. The van der Waals surface area contributed by atoms with Crippen molar-refractivity contribution in [3.05, 3.63) is 40.0 Å². The van der Waals surface area contributed by atoms with Gasteiger partial charge in [-0.05, 0) is 61.4 Å². The Morgan fingerprint density at radius 1 is 1.07 bits per heavy atom. The van der Waals surface area contributed by atoms with E-state index in [-0.39, 0.29) is 0 Å². The molecule has 0 saturated carbocycles. The van der Waals surface area contributed by atoms with Crippen LogP contribution in [0.2, 0.25) is 0 Å². The lowest BCUT2D eigenvalue weighted by Crippen LogP contribution is -1.91. The number of hydrogen-bond acceptors (Lipinski definition) is 0. The normalized spacial score (nSPS) is 14.9. The molecule has 0 N–H and O–H groups in total. The van der Waals surface area contributed by atoms with Crippen molar-refractivity contribution in [3.63, 3.8) is 0 Å². The monoisotopic (exact) mass is 186 g/mol. The van der Waals surface area contributed by atoms with Gasteiger partial charge in [-0.2, -0.15) is 0 Å². The van der Waals surface area contributed by atoms with Crippen molar-refractivity contribution in [1.29, 1.82) is 0 Å². The minimum Gasteiger partial charge on any atom is -0.0625 e. The van der Waals surface area contributed by atoms with Crippen molar-refractivity contribution in [3.8, 4) is 0 Å². The van der Waals surface area contributed by atoms with E-state index < -0.39 is 0 Å². The van der Waals surface area contributed by atoms with Crippen LogP contribution in [0.3, 0.4) is 0 Å². The molecular formula is C14H18. The first-order chi connectivity index (χ1) is 6.65. The number of aryl methyl sites for hydroxylation is 2. The zero-order valence-electron chi connectivity index (χ0n) is 9.57. The Balaban J connectivity index is 2.64. The molecule has 0 radical (unpaired) electrons. The zero-order valence-corrected chi connectivity index (χ0v) is 9.57. The summed E-state index contributed by atoms with van der Waals surface area (Å²) in [6.45, 7) is 8.98. The molecule has 0 aromatic heterocycles. The van der Waals surface area contributed by atoms with E-state index in [0.717, 1.165) is 0 Å². The average molecular weight is 186 g/mol. The molecule has 0 atom stereocenters. The quantitative estimate of drug-likeness (QED) is 0.621. The molecule has 0 saturated heterocycles. The largest absolute Gasteiger partial charge is 0.0625 e. The average Bonchev–Trinajstić information content (AvgIpc) is 2.51. The maximum absolute atomic E-state index is 2.27. The summed E-state index contributed by atoms with van der Waals surface area (Å²) in [5.74, 6) is 0. The number of benzene rings is 1. The van der Waals surface area contributed by atoms with Crippen molar-refractivity contribution >= 4 is 5.57 Å². The second kappa shape index (κ2) is 3.27. The van der Waals surface area contributed by atoms with E-state index in [2.05, 4.69) is 39.8 Å². The van der Waals surface area contributed by atoms with Crippen molar-refractivity contribution in [2.45, 2.75) is 40.5 Å². The Labute approximate surface area is 86.7 Å². The molecule has 1 aromatic rings. The fourth-order valence-corrected chi connectivity index (χ4v) is 2.53. The second-order valence-corrected chi connectivity index (χ2v) is 4.31. The molecule has 0 bridgehead atoms. The Morgan fingerprint density at radius 3 is 2.29 bits per heavy atom. The summed E-state index contributed by atoms with van der Waals surface area (Å²) < 4.78 is 0. The molecule has 0 nitrogen and oxygen atoms in total. The molecule has 0 heteroatoms. The third kappa shape index (κ3) is 1.21. The lowest BCUT2D eigenvalue weighted by atomic mass is 9.97. The Kier molecular flexibility index (Phi) is 2.22. The number of allylic oxidation sites excluding steroid dienone is 2. The third-order valence-corrected chi connectivity index (χ3v) is 3.48. The number of hydrogen-bond donors (Lipinski definition) is 0. The summed E-state index contributed by atoms with van der Waals surface area (Å²) in [5.41, 5.74) is 9.14. The third-order valence-electron chi connectivity index (χ3n) is 3.48. The van der Waals surface area contributed by atoms with Crippen molar-refractivity contribution in [1.82, 2.24) is 0 Å². The highest BCUT2D eigenvalue weighted by Crippen LogP contribution is 2.37. The number of rotatable bonds is 1. The van der Waals surface area contributed by atoms with Gasteiger partial charge in [-0.15, -0.1) is 0 Å². The fourth-order valence-electron chi connectivity index (χ4n) is 2.53. The molecule has 74 valence electrons. The van der Waals surface area contributed by atoms with E-state index in [1.165, 1.54) is 35.1 Å². The topological polar surface area (TPSA) is 0 Å². The SMILES string of the molecule is CCC1=C(C)c2c(C)ccc(C)c2C1. The van der Waals surface area contributed by atoms with Crippen LogP contribution in [-0.4, -0.2) is 0 Å². The van der Waals surface area contributed by atoms with Crippen LogP contribution in [0.5, 0.6) is 0 Å². The Hall–Kier alpha value is -1.04. The summed E-state index contributed by atoms with van der Waals surface area (Å²) in [6.07, 6.45) is 2.38. The predicted octanol–water partition coefficient (Wildman–Crippen LogP) is 4.04. The van der Waals surface area contributed by atoms with E-state index in [1.807, 2.05) is 0 Å². The number of fused-ring (bicyclic) bond motifs is 1. The van der Waals surface area contributed by atoms with Crippen LogP contribution in [0.4, 0.5) is 0 Å². The van der Waals surface area contributed by atoms with Gasteiger partial charge in [0.1, 0.15) is 0 Å². The molecule has 2 rings (SSSR count). The molecule has 0 unspecified atom stereocenters. The van der Waals surface area contributed by atoms with E-state index >= 15 is 0 Å². The molecular weight excluding hydrogens is 168 g/mol. The van der Waals surface area contributed by atoms with Gasteiger partial charge in [0, 0.05) is 0 Å². The van der Waals surface area contributed by atoms with Gasteiger partial charge in [0.25, 0.3) is 0 Å². The molecule has 1 aliphatic carbocycles. The molecule has 1 aromatic carbocycles. The highest BCUT2D eigenvalue weighted by Gasteiger charge is 2.20. The van der Waals surface area contributed by atoms with Crippen molar-refractivity contribution in [2.24, 2.45) is 0 Å². The first-order valence-electron chi connectivity index (χ1n) is 5.43. The zero-order chi connectivity index (χ0) is 10.3. The summed E-state index contributed by atoms with van der Waals surface area (Å²) in [5, 5.41) is 0. The van der Waals surface area contributed by atoms with Gasteiger partial charge >= 0.3 is 0 Å². The highest BCUT2D eigenvalue weighted by atomic mass is 14.2. The fraction of sp³-hybridized carbons (Fsp3) is 0.429. The molecule has 0 fully saturated rings. The van der Waals surface area contributed by atoms with Gasteiger partial charge in [-0.3, -0.25) is 0 Å². The van der Waals surface area contributed by atoms with Crippen LogP contribution in [0.1, 0.15) is 42.5 Å². The Bertz CT molecular complexity index is 408. The van der Waals surface area contributed by atoms with Crippen molar-refractivity contribution < 1.29 is 0 Å². The van der Waals surface area contributed by atoms with Gasteiger partial charge in [0.15, 0.2) is 0 Å². The van der Waals surface area contributed by atoms with E-state index in [0.29, 0.717) is 0 Å². The first-order valence-corrected chi connectivity index (χ1v) is 5.43. The predicted molar refractivity (Wildman–Crippen MR) is 62.5 cm³/mol. The van der Waals surface area contributed by atoms with E-state index in [1.54, 1.807) is 11.1 Å². The van der Waals surface area contributed by atoms with E-state index in [9.17, 15) is 0 Å². The summed E-state index contributed by atoms with van der Waals surface area (Å²) in [4.78, 5) is 0. The van der Waals surface area contributed by atoms with Crippen LogP contribution in [0.15, 0.2) is 17.7 Å². The molecule has 0 heterocycles. The Morgan fingerprint density at radius 2 is 1.71 bits per heavy atom. The smallest absolute Gasteiger partial charge is 0.00525 e. The van der Waals surface area contributed by atoms with Crippen LogP contribution in [-0.2, 0) is 6.42 Å². The lowest BCUT2D eigenvalue weighted by Gasteiger charge is -2.08. The molecule has 1 aliphatic rings. The molecule has 0 aliphatic heterocycles. The second-order valence-electron chi connectivity index (χ2n) is 4.31. The summed E-state index contributed by atoms with van der Waals surface area (Å²) in [6, 6.07) is 4.50. The van der Waals surface area contributed by atoms with Crippen LogP contribution >= 0.6 is 0 Å². The van der Waals surface area contributed by atoms with Crippen LogP contribution < -0.4 is 0 Å². The van der Waals surface area contributed by atoms with Gasteiger partial charge in [0.05, 0.1) is 0 Å².